The zero-order valence-corrected chi connectivity index (χ0v) is 18.3. The van der Waals surface area contributed by atoms with Gasteiger partial charge in [-0.15, -0.1) is 0 Å². The Bertz CT molecular complexity index is 432. The predicted molar refractivity (Wildman–Crippen MR) is 118 cm³/mol. The summed E-state index contributed by atoms with van der Waals surface area (Å²) >= 11 is 0. The van der Waals surface area contributed by atoms with Gasteiger partial charge >= 0.3 is 0 Å². The molecule has 5 heteroatoms. The molecule has 2 heterocycles. The van der Waals surface area contributed by atoms with E-state index in [0.29, 0.717) is 42.3 Å². The van der Waals surface area contributed by atoms with Crippen molar-refractivity contribution in [1.29, 1.82) is 0 Å². The van der Waals surface area contributed by atoms with Crippen molar-refractivity contribution in [2.45, 2.75) is 120 Å². The zero-order chi connectivity index (χ0) is 19.3. The highest BCUT2D eigenvalue weighted by Crippen LogP contribution is 2.26. The number of hydrogen-bond acceptors (Lipinski definition) is 5. The molecule has 28 heavy (non-hydrogen) atoms. The molecule has 8 atom stereocenters. The van der Waals surface area contributed by atoms with Gasteiger partial charge in [-0.2, -0.15) is 0 Å². The van der Waals surface area contributed by atoms with Crippen molar-refractivity contribution < 1.29 is 0 Å². The molecule has 0 radical (unpaired) electrons. The molecule has 4 rings (SSSR count). The minimum absolute atomic E-state index is 0.549. The molecule has 5 N–H and O–H groups in total. The molecule has 6 unspecified atom stereocenters. The van der Waals surface area contributed by atoms with E-state index in [-0.39, 0.29) is 0 Å². The Morgan fingerprint density at radius 3 is 1.61 bits per heavy atom. The van der Waals surface area contributed by atoms with Gasteiger partial charge in [-0.25, -0.2) is 0 Å². The van der Waals surface area contributed by atoms with E-state index in [0.717, 1.165) is 19.0 Å². The van der Waals surface area contributed by atoms with E-state index in [4.69, 9.17) is 0 Å². The van der Waals surface area contributed by atoms with Crippen LogP contribution < -0.4 is 26.6 Å². The van der Waals surface area contributed by atoms with Crippen LogP contribution in [-0.4, -0.2) is 61.9 Å². The minimum Gasteiger partial charge on any atom is -0.312 e. The molecule has 0 aromatic carbocycles. The van der Waals surface area contributed by atoms with E-state index >= 15 is 0 Å². The Hall–Kier alpha value is -0.200. The molecule has 162 valence electrons. The lowest BCUT2D eigenvalue weighted by atomic mass is 9.82. The van der Waals surface area contributed by atoms with E-state index in [1.807, 2.05) is 0 Å². The Labute approximate surface area is 172 Å². The van der Waals surface area contributed by atoms with Crippen LogP contribution in [0.4, 0.5) is 0 Å². The van der Waals surface area contributed by atoms with Gasteiger partial charge in [0.15, 0.2) is 0 Å². The van der Waals surface area contributed by atoms with Crippen LogP contribution in [0.25, 0.3) is 0 Å². The van der Waals surface area contributed by atoms with Crippen LogP contribution in [0.3, 0.4) is 0 Å². The van der Waals surface area contributed by atoms with Crippen molar-refractivity contribution in [2.75, 3.05) is 19.6 Å². The molecule has 0 spiro atoms. The van der Waals surface area contributed by atoms with Crippen LogP contribution >= 0.6 is 0 Å². The fourth-order valence-corrected chi connectivity index (χ4v) is 6.41. The summed E-state index contributed by atoms with van der Waals surface area (Å²) in [5.41, 5.74) is 0. The van der Waals surface area contributed by atoms with Gasteiger partial charge in [0, 0.05) is 55.4 Å². The van der Waals surface area contributed by atoms with E-state index in [1.54, 1.807) is 0 Å². The van der Waals surface area contributed by atoms with Gasteiger partial charge in [0.2, 0.25) is 0 Å². The topological polar surface area (TPSA) is 60.1 Å². The fourth-order valence-electron chi connectivity index (χ4n) is 6.41. The molecule has 2 bridgehead atoms. The first-order valence-corrected chi connectivity index (χ1v) is 12.4. The van der Waals surface area contributed by atoms with Crippen LogP contribution in [0.5, 0.6) is 0 Å². The number of piperidine rings is 1. The molecule has 0 aromatic rings. The van der Waals surface area contributed by atoms with Crippen molar-refractivity contribution in [3.8, 4) is 0 Å². The zero-order valence-electron chi connectivity index (χ0n) is 18.3. The van der Waals surface area contributed by atoms with Gasteiger partial charge in [0.25, 0.3) is 0 Å². The Morgan fingerprint density at radius 1 is 0.500 bits per heavy atom. The number of rotatable bonds is 0. The van der Waals surface area contributed by atoms with E-state index < -0.39 is 0 Å². The van der Waals surface area contributed by atoms with E-state index in [9.17, 15) is 0 Å². The third-order valence-corrected chi connectivity index (χ3v) is 8.21. The van der Waals surface area contributed by atoms with Gasteiger partial charge in [-0.05, 0) is 64.8 Å². The molecule has 2 saturated carbocycles. The van der Waals surface area contributed by atoms with Crippen LogP contribution in [0.15, 0.2) is 0 Å². The van der Waals surface area contributed by atoms with Crippen molar-refractivity contribution in [1.82, 2.24) is 26.6 Å². The minimum atomic E-state index is 0.549. The molecular formula is C23H45N5. The first-order valence-electron chi connectivity index (χ1n) is 12.4. The Morgan fingerprint density at radius 2 is 1.00 bits per heavy atom. The quantitative estimate of drug-likeness (QED) is 0.438. The Balaban J connectivity index is 1.47. The standard InChI is InChI=1S/C23H45N5/c1-16-18-11-12-24-23(15-18)17(2)28-22-10-6-4-8-20(22)26-14-13-25-19-7-3-5-9-21(19)27-16/h16-28H,3-15H2,1-2H3/t16-,17-,18?,19?,20?,21?,22?,23?/m1/s1. The average molecular weight is 392 g/mol. The summed E-state index contributed by atoms with van der Waals surface area (Å²) in [6.07, 6.45) is 13.5. The largest absolute Gasteiger partial charge is 0.312 e. The summed E-state index contributed by atoms with van der Waals surface area (Å²) < 4.78 is 0. The fraction of sp³-hybridized carbons (Fsp3) is 1.00. The molecule has 2 saturated heterocycles. The lowest BCUT2D eigenvalue weighted by molar-refractivity contribution is 0.180. The molecule has 2 aliphatic carbocycles. The third-order valence-electron chi connectivity index (χ3n) is 8.21. The van der Waals surface area contributed by atoms with Crippen molar-refractivity contribution in [2.24, 2.45) is 5.92 Å². The van der Waals surface area contributed by atoms with Crippen LogP contribution in [0, 0.1) is 5.92 Å². The summed E-state index contributed by atoms with van der Waals surface area (Å²) in [5, 5.41) is 19.8. The second-order valence-corrected chi connectivity index (χ2v) is 10.2. The predicted octanol–water partition coefficient (Wildman–Crippen LogP) is 2.13. The molecule has 2 aliphatic heterocycles. The highest BCUT2D eigenvalue weighted by Gasteiger charge is 2.34. The van der Waals surface area contributed by atoms with Gasteiger partial charge in [-0.3, -0.25) is 0 Å². The molecule has 4 fully saturated rings. The lowest BCUT2D eigenvalue weighted by Gasteiger charge is -2.42. The maximum absolute atomic E-state index is 4.08. The summed E-state index contributed by atoms with van der Waals surface area (Å²) in [6, 6.07) is 4.36. The van der Waals surface area contributed by atoms with Crippen molar-refractivity contribution >= 4 is 0 Å². The summed E-state index contributed by atoms with van der Waals surface area (Å²) in [7, 11) is 0. The van der Waals surface area contributed by atoms with Gasteiger partial charge in [0.05, 0.1) is 0 Å². The van der Waals surface area contributed by atoms with Crippen molar-refractivity contribution in [3.05, 3.63) is 0 Å². The average Bonchev–Trinajstić information content (AvgIpc) is 2.73. The van der Waals surface area contributed by atoms with Crippen LogP contribution in [0.2, 0.25) is 0 Å². The molecule has 4 aliphatic rings. The van der Waals surface area contributed by atoms with Gasteiger partial charge in [-0.1, -0.05) is 25.7 Å². The van der Waals surface area contributed by atoms with Crippen LogP contribution in [-0.2, 0) is 0 Å². The third kappa shape index (κ3) is 5.28. The van der Waals surface area contributed by atoms with Crippen LogP contribution in [0.1, 0.15) is 78.1 Å². The summed E-state index contributed by atoms with van der Waals surface area (Å²) in [4.78, 5) is 0. The molecule has 5 nitrogen and oxygen atoms in total. The lowest BCUT2D eigenvalue weighted by Crippen LogP contribution is -2.59. The second kappa shape index (κ2) is 10.2. The molecular weight excluding hydrogens is 346 g/mol. The summed E-state index contributed by atoms with van der Waals surface area (Å²) in [6.45, 7) is 8.24. The highest BCUT2D eigenvalue weighted by atomic mass is 15.1. The SMILES string of the molecule is C[C@H]1NC2CCCCC2NCCNC2CCCCC2N[C@H](C)C2CC1CCN2. The molecule has 0 aromatic heterocycles. The van der Waals surface area contributed by atoms with Crippen molar-refractivity contribution in [3.63, 3.8) is 0 Å². The molecule has 0 amide bonds. The van der Waals surface area contributed by atoms with E-state index in [1.165, 1.54) is 70.8 Å². The van der Waals surface area contributed by atoms with Gasteiger partial charge in [0.1, 0.15) is 0 Å². The Kier molecular flexibility index (Phi) is 7.67. The van der Waals surface area contributed by atoms with E-state index in [2.05, 4.69) is 40.4 Å². The monoisotopic (exact) mass is 391 g/mol. The summed E-state index contributed by atoms with van der Waals surface area (Å²) in [5.74, 6) is 0.795. The maximum atomic E-state index is 4.08. The first-order chi connectivity index (χ1) is 13.7. The highest BCUT2D eigenvalue weighted by molar-refractivity contribution is 4.96. The number of fused-ring (bicyclic) bond motifs is 4. The number of nitrogens with one attached hydrogen (secondary N) is 5. The normalized spacial score (nSPS) is 46.5. The second-order valence-electron chi connectivity index (χ2n) is 10.2. The first kappa shape index (κ1) is 21.0. The maximum Gasteiger partial charge on any atom is 0.0224 e. The smallest absolute Gasteiger partial charge is 0.0224 e. The van der Waals surface area contributed by atoms with Gasteiger partial charge < -0.3 is 26.6 Å². The number of hydrogen-bond donors (Lipinski definition) is 5.